The molecule has 1 aromatic carbocycles. The van der Waals surface area contributed by atoms with Crippen LogP contribution >= 0.6 is 35.3 Å². The number of hydrogen-bond acceptors (Lipinski definition) is 5. The number of carbonyl (C=O) groups excluding carboxylic acids is 1. The molecule has 0 aliphatic heterocycles. The lowest BCUT2D eigenvalue weighted by Crippen LogP contribution is -2.28. The van der Waals surface area contributed by atoms with Gasteiger partial charge in [-0.15, -0.1) is 0 Å². The van der Waals surface area contributed by atoms with E-state index >= 15 is 0 Å². The molecule has 1 fully saturated rings. The van der Waals surface area contributed by atoms with Crippen molar-refractivity contribution in [3.8, 4) is 0 Å². The van der Waals surface area contributed by atoms with Crippen molar-refractivity contribution in [2.45, 2.75) is 16.7 Å². The van der Waals surface area contributed by atoms with Gasteiger partial charge in [-0.05, 0) is 47.5 Å². The summed E-state index contributed by atoms with van der Waals surface area (Å²) in [4.78, 5) is 11.9. The lowest BCUT2D eigenvalue weighted by atomic mass is 10.0. The average Bonchev–Trinajstić information content (AvgIpc) is 2.84. The van der Waals surface area contributed by atoms with Gasteiger partial charge in [-0.25, -0.2) is 0 Å². The van der Waals surface area contributed by atoms with Crippen molar-refractivity contribution in [2.75, 3.05) is 12.3 Å². The lowest BCUT2D eigenvalue weighted by Gasteiger charge is -2.08. The van der Waals surface area contributed by atoms with Gasteiger partial charge in [0.25, 0.3) is 0 Å². The summed E-state index contributed by atoms with van der Waals surface area (Å²) in [6.07, 6.45) is 1.17. The first-order valence-corrected chi connectivity index (χ1v) is 9.46. The molecule has 0 spiro atoms. The van der Waals surface area contributed by atoms with Gasteiger partial charge in [-0.1, -0.05) is 47.4 Å². The van der Waals surface area contributed by atoms with Crippen molar-refractivity contribution in [1.82, 2.24) is 15.5 Å². The van der Waals surface area contributed by atoms with Crippen LogP contribution in [0.15, 0.2) is 28.6 Å². The fraction of sp³-hybridized carbons (Fsp3) is 0.400. The number of nitrogens with one attached hydrogen (secondary N) is 2. The Kier molecular flexibility index (Phi) is 3.79. The van der Waals surface area contributed by atoms with E-state index in [2.05, 4.69) is 39.8 Å². The molecule has 3 unspecified atom stereocenters. The van der Waals surface area contributed by atoms with E-state index in [1.165, 1.54) is 40.6 Å². The summed E-state index contributed by atoms with van der Waals surface area (Å²) >= 11 is 7.80. The van der Waals surface area contributed by atoms with Crippen molar-refractivity contribution in [3.05, 3.63) is 39.3 Å². The van der Waals surface area contributed by atoms with Gasteiger partial charge in [0.05, 0.1) is 5.75 Å². The maximum absolute atomic E-state index is 11.9. The number of aromatic amines is 1. The summed E-state index contributed by atoms with van der Waals surface area (Å²) in [7, 11) is 0. The highest BCUT2D eigenvalue weighted by Crippen LogP contribution is 2.60. The molecule has 0 radical (unpaired) electrons. The van der Waals surface area contributed by atoms with E-state index in [-0.39, 0.29) is 5.91 Å². The Labute approximate surface area is 141 Å². The van der Waals surface area contributed by atoms with E-state index in [9.17, 15) is 4.79 Å². The van der Waals surface area contributed by atoms with Crippen LogP contribution in [0.4, 0.5) is 0 Å². The van der Waals surface area contributed by atoms with Crippen LogP contribution in [0.5, 0.6) is 0 Å². The first kappa shape index (κ1) is 14.4. The third-order valence-corrected chi connectivity index (χ3v) is 6.71. The van der Waals surface area contributed by atoms with Crippen molar-refractivity contribution < 1.29 is 4.79 Å². The Morgan fingerprint density at radius 2 is 2.36 bits per heavy atom. The Morgan fingerprint density at radius 1 is 1.50 bits per heavy atom. The van der Waals surface area contributed by atoms with Gasteiger partial charge in [0.15, 0.2) is 8.29 Å². The van der Waals surface area contributed by atoms with Crippen molar-refractivity contribution in [3.63, 3.8) is 0 Å². The molecule has 2 aliphatic rings. The molecular formula is C15H15N3OS3. The number of rotatable bonds is 5. The lowest BCUT2D eigenvalue weighted by molar-refractivity contribution is -0.118. The normalized spacial score (nSPS) is 24.6. The number of benzene rings is 1. The van der Waals surface area contributed by atoms with Gasteiger partial charge in [0.2, 0.25) is 5.91 Å². The van der Waals surface area contributed by atoms with Crippen molar-refractivity contribution in [1.29, 1.82) is 0 Å². The summed E-state index contributed by atoms with van der Waals surface area (Å²) in [6.45, 7) is 0.791. The maximum Gasteiger partial charge on any atom is 0.230 e. The minimum atomic E-state index is 0.0735. The van der Waals surface area contributed by atoms with Gasteiger partial charge in [0.1, 0.15) is 0 Å². The minimum absolute atomic E-state index is 0.0735. The fourth-order valence-corrected chi connectivity index (χ4v) is 5.36. The fourth-order valence-electron chi connectivity index (χ4n) is 3.45. The Balaban J connectivity index is 1.25. The zero-order chi connectivity index (χ0) is 15.1. The number of hydrogen-bond donors (Lipinski definition) is 2. The van der Waals surface area contributed by atoms with Crippen molar-refractivity contribution in [2.24, 2.45) is 11.8 Å². The van der Waals surface area contributed by atoms with Crippen LogP contribution in [-0.4, -0.2) is 28.4 Å². The highest BCUT2D eigenvalue weighted by Gasteiger charge is 2.54. The Morgan fingerprint density at radius 3 is 3.18 bits per heavy atom. The summed E-state index contributed by atoms with van der Waals surface area (Å²) in [5, 5.41) is 9.82. The van der Waals surface area contributed by atoms with E-state index in [0.29, 0.717) is 21.5 Å². The largest absolute Gasteiger partial charge is 0.355 e. The van der Waals surface area contributed by atoms with Crippen LogP contribution < -0.4 is 5.32 Å². The molecule has 1 heterocycles. The van der Waals surface area contributed by atoms with Crippen LogP contribution in [0.3, 0.4) is 0 Å². The smallest absolute Gasteiger partial charge is 0.230 e. The number of aromatic nitrogens is 2. The standard InChI is InChI=1S/C15H15N3OS3/c19-12(7-21-15-18-17-14(20)22-15)16-6-11-10-5-8-3-1-2-4-9(8)13(10)11/h1-4,10-11,13H,5-7H2,(H,16,19)(H,17,20). The molecule has 2 aromatic rings. The van der Waals surface area contributed by atoms with Crippen LogP contribution in [0.2, 0.25) is 0 Å². The summed E-state index contributed by atoms with van der Waals surface area (Å²) < 4.78 is 1.46. The van der Waals surface area contributed by atoms with Crippen molar-refractivity contribution >= 4 is 41.2 Å². The quantitative estimate of drug-likeness (QED) is 0.644. The first-order chi connectivity index (χ1) is 10.7. The Hall–Kier alpha value is -1.18. The SMILES string of the molecule is O=C(CSc1n[nH]c(=S)s1)NCC1C2Cc3ccccc3C12. The van der Waals surface area contributed by atoms with E-state index in [0.717, 1.165) is 16.8 Å². The average molecular weight is 350 g/mol. The predicted octanol–water partition coefficient (Wildman–Crippen LogP) is 2.99. The summed E-state index contributed by atoms with van der Waals surface area (Å²) in [5.74, 6) is 2.50. The molecule has 4 rings (SSSR count). The zero-order valence-electron chi connectivity index (χ0n) is 11.7. The number of carbonyl (C=O) groups is 1. The number of amides is 1. The topological polar surface area (TPSA) is 57.8 Å². The summed E-state index contributed by atoms with van der Waals surface area (Å²) in [6, 6.07) is 8.70. The predicted molar refractivity (Wildman–Crippen MR) is 90.9 cm³/mol. The molecule has 1 aromatic heterocycles. The van der Waals surface area contributed by atoms with Crippen LogP contribution in [-0.2, 0) is 11.2 Å². The van der Waals surface area contributed by atoms with E-state index in [1.54, 1.807) is 0 Å². The number of H-pyrrole nitrogens is 1. The molecule has 3 atom stereocenters. The zero-order valence-corrected chi connectivity index (χ0v) is 14.2. The number of nitrogens with zero attached hydrogens (tertiary/aromatic N) is 1. The molecule has 22 heavy (non-hydrogen) atoms. The monoisotopic (exact) mass is 349 g/mol. The highest BCUT2D eigenvalue weighted by molar-refractivity contribution is 8.01. The molecule has 2 N–H and O–H groups in total. The van der Waals surface area contributed by atoms with Crippen LogP contribution in [0, 0.1) is 15.8 Å². The third-order valence-electron chi connectivity index (χ3n) is 4.48. The van der Waals surface area contributed by atoms with Gasteiger partial charge < -0.3 is 5.32 Å². The minimum Gasteiger partial charge on any atom is -0.355 e. The number of fused-ring (bicyclic) bond motifs is 3. The second-order valence-electron chi connectivity index (χ2n) is 5.73. The van der Waals surface area contributed by atoms with Gasteiger partial charge >= 0.3 is 0 Å². The van der Waals surface area contributed by atoms with Gasteiger partial charge in [0, 0.05) is 6.54 Å². The summed E-state index contributed by atoms with van der Waals surface area (Å²) in [5.41, 5.74) is 2.99. The third kappa shape index (κ3) is 2.73. The second-order valence-corrected chi connectivity index (χ2v) is 8.62. The van der Waals surface area contributed by atoms with E-state index in [4.69, 9.17) is 12.2 Å². The molecule has 1 amide bonds. The second kappa shape index (κ2) is 5.79. The van der Waals surface area contributed by atoms with Crippen LogP contribution in [0.1, 0.15) is 17.0 Å². The molecule has 2 aliphatic carbocycles. The highest BCUT2D eigenvalue weighted by atomic mass is 32.2. The molecule has 0 bridgehead atoms. The molecule has 4 nitrogen and oxygen atoms in total. The molecule has 7 heteroatoms. The molecule has 114 valence electrons. The van der Waals surface area contributed by atoms with E-state index in [1.807, 2.05) is 0 Å². The van der Waals surface area contributed by atoms with E-state index < -0.39 is 0 Å². The first-order valence-electron chi connectivity index (χ1n) is 7.25. The van der Waals surface area contributed by atoms with Gasteiger partial charge in [-0.3, -0.25) is 9.89 Å². The maximum atomic E-state index is 11.9. The molecule has 1 saturated carbocycles. The molecular weight excluding hydrogens is 334 g/mol. The van der Waals surface area contributed by atoms with Gasteiger partial charge in [-0.2, -0.15) is 5.10 Å². The molecule has 0 saturated heterocycles. The van der Waals surface area contributed by atoms with Crippen LogP contribution in [0.25, 0.3) is 0 Å². The number of thioether (sulfide) groups is 1. The Bertz CT molecular complexity index is 769.